The number of amides is 1. The zero-order chi connectivity index (χ0) is 13.0. The lowest BCUT2D eigenvalue weighted by Gasteiger charge is -2.08. The second kappa shape index (κ2) is 5.83. The molecule has 94 valence electrons. The van der Waals surface area contributed by atoms with Gasteiger partial charge in [-0.3, -0.25) is 10.1 Å². The van der Waals surface area contributed by atoms with Gasteiger partial charge in [0.2, 0.25) is 5.13 Å². The summed E-state index contributed by atoms with van der Waals surface area (Å²) in [6.45, 7) is 0. The van der Waals surface area contributed by atoms with E-state index >= 15 is 0 Å². The summed E-state index contributed by atoms with van der Waals surface area (Å²) in [7, 11) is 1.54. The highest BCUT2D eigenvalue weighted by Gasteiger charge is 2.14. The summed E-state index contributed by atoms with van der Waals surface area (Å²) < 4.78 is 5.22. The van der Waals surface area contributed by atoms with Crippen molar-refractivity contribution in [2.45, 2.75) is 4.90 Å². The molecule has 0 saturated carbocycles. The molecule has 1 aromatic heterocycles. The predicted molar refractivity (Wildman–Crippen MR) is 72.6 cm³/mol. The third kappa shape index (κ3) is 2.80. The van der Waals surface area contributed by atoms with Gasteiger partial charge in [0.15, 0.2) is 0 Å². The van der Waals surface area contributed by atoms with Crippen LogP contribution in [0.3, 0.4) is 0 Å². The topological polar surface area (TPSA) is 64.1 Å². The van der Waals surface area contributed by atoms with Crippen LogP contribution in [0.5, 0.6) is 5.75 Å². The zero-order valence-electron chi connectivity index (χ0n) is 9.84. The number of carbonyl (C=O) groups excluding carboxylic acids is 1. The van der Waals surface area contributed by atoms with Gasteiger partial charge in [-0.1, -0.05) is 11.3 Å². The maximum Gasteiger partial charge on any atom is 0.261 e. The minimum atomic E-state index is -0.253. The van der Waals surface area contributed by atoms with Crippen LogP contribution in [-0.2, 0) is 0 Å². The van der Waals surface area contributed by atoms with Gasteiger partial charge in [0.25, 0.3) is 5.91 Å². The largest absolute Gasteiger partial charge is 0.496 e. The number of anilines is 1. The molecule has 0 aliphatic carbocycles. The third-order valence-electron chi connectivity index (χ3n) is 2.23. The maximum absolute atomic E-state index is 12.0. The number of hydrogen-bond acceptors (Lipinski definition) is 6. The zero-order valence-corrected chi connectivity index (χ0v) is 11.5. The van der Waals surface area contributed by atoms with E-state index in [1.807, 2.05) is 18.4 Å². The molecule has 5 nitrogen and oxygen atoms in total. The molecule has 18 heavy (non-hydrogen) atoms. The minimum Gasteiger partial charge on any atom is -0.496 e. The molecule has 0 aliphatic heterocycles. The molecule has 1 N–H and O–H groups in total. The summed E-state index contributed by atoms with van der Waals surface area (Å²) in [6.07, 6.45) is 1.97. The number of methoxy groups -OCH3 is 1. The van der Waals surface area contributed by atoms with Crippen molar-refractivity contribution in [1.82, 2.24) is 10.2 Å². The fourth-order valence-corrected chi connectivity index (χ4v) is 2.25. The van der Waals surface area contributed by atoms with E-state index in [1.165, 1.54) is 11.3 Å². The number of hydrogen-bond donors (Lipinski definition) is 1. The van der Waals surface area contributed by atoms with E-state index < -0.39 is 0 Å². The van der Waals surface area contributed by atoms with Gasteiger partial charge >= 0.3 is 0 Å². The van der Waals surface area contributed by atoms with Crippen LogP contribution in [-0.4, -0.2) is 29.5 Å². The number of carbonyl (C=O) groups is 1. The Morgan fingerprint density at radius 1 is 1.50 bits per heavy atom. The van der Waals surface area contributed by atoms with Gasteiger partial charge in [0.1, 0.15) is 11.3 Å². The fraction of sp³-hybridized carbons (Fsp3) is 0.182. The second-order valence-corrected chi connectivity index (χ2v) is 4.98. The summed E-state index contributed by atoms with van der Waals surface area (Å²) in [5.74, 6) is 0.292. The predicted octanol–water partition coefficient (Wildman–Crippen LogP) is 2.52. The van der Waals surface area contributed by atoms with Crippen molar-refractivity contribution >= 4 is 34.1 Å². The Balaban J connectivity index is 2.24. The van der Waals surface area contributed by atoms with Gasteiger partial charge in [-0.2, -0.15) is 0 Å². The Bertz CT molecular complexity index is 543. The Labute approximate surface area is 113 Å². The van der Waals surface area contributed by atoms with E-state index in [2.05, 4.69) is 15.5 Å². The van der Waals surface area contributed by atoms with Gasteiger partial charge in [-0.25, -0.2) is 0 Å². The van der Waals surface area contributed by atoms with Crippen LogP contribution in [0, 0.1) is 0 Å². The summed E-state index contributed by atoms with van der Waals surface area (Å²) in [4.78, 5) is 13.1. The molecular weight excluding hydrogens is 270 g/mol. The van der Waals surface area contributed by atoms with Gasteiger partial charge < -0.3 is 4.74 Å². The quantitative estimate of drug-likeness (QED) is 0.872. The Hall–Kier alpha value is -1.60. The summed E-state index contributed by atoms with van der Waals surface area (Å²) in [5.41, 5.74) is 2.04. The number of nitrogens with one attached hydrogen (secondary N) is 1. The lowest BCUT2D eigenvalue weighted by atomic mass is 10.2. The van der Waals surface area contributed by atoms with Crippen molar-refractivity contribution in [1.29, 1.82) is 0 Å². The van der Waals surface area contributed by atoms with Gasteiger partial charge in [-0.15, -0.1) is 22.0 Å². The van der Waals surface area contributed by atoms with E-state index in [0.29, 0.717) is 16.4 Å². The van der Waals surface area contributed by atoms with E-state index in [0.717, 1.165) is 4.90 Å². The molecule has 1 heterocycles. The Morgan fingerprint density at radius 3 is 2.94 bits per heavy atom. The first-order chi connectivity index (χ1) is 8.74. The summed E-state index contributed by atoms with van der Waals surface area (Å²) in [5, 5.41) is 10.6. The maximum atomic E-state index is 12.0. The average molecular weight is 281 g/mol. The number of nitrogens with zero attached hydrogens (tertiary/aromatic N) is 2. The number of aromatic nitrogens is 2. The van der Waals surface area contributed by atoms with E-state index in [1.54, 1.807) is 30.4 Å². The van der Waals surface area contributed by atoms with Crippen LogP contribution in [0.15, 0.2) is 28.6 Å². The molecule has 0 aliphatic rings. The van der Waals surface area contributed by atoms with Crippen LogP contribution in [0.25, 0.3) is 0 Å². The molecule has 2 rings (SSSR count). The molecule has 1 aromatic carbocycles. The molecule has 7 heteroatoms. The molecule has 0 atom stereocenters. The Morgan fingerprint density at radius 2 is 2.33 bits per heavy atom. The monoisotopic (exact) mass is 281 g/mol. The minimum absolute atomic E-state index is 0.253. The van der Waals surface area contributed by atoms with Gasteiger partial charge in [0, 0.05) is 4.90 Å². The van der Waals surface area contributed by atoms with Crippen molar-refractivity contribution in [3.63, 3.8) is 0 Å². The van der Waals surface area contributed by atoms with Crippen molar-refractivity contribution in [2.24, 2.45) is 0 Å². The number of ether oxygens (including phenoxy) is 1. The average Bonchev–Trinajstić information content (AvgIpc) is 2.90. The SMILES string of the molecule is COc1cc(SC)ccc1C(=O)Nc1nncs1. The summed E-state index contributed by atoms with van der Waals surface area (Å²) in [6, 6.07) is 5.45. The molecule has 1 amide bonds. The lowest BCUT2D eigenvalue weighted by Crippen LogP contribution is -2.13. The van der Waals surface area contributed by atoms with Crippen LogP contribution >= 0.6 is 23.1 Å². The van der Waals surface area contributed by atoms with Crippen LogP contribution < -0.4 is 10.1 Å². The van der Waals surface area contributed by atoms with Crippen LogP contribution in [0.1, 0.15) is 10.4 Å². The highest BCUT2D eigenvalue weighted by atomic mass is 32.2. The van der Waals surface area contributed by atoms with Gasteiger partial charge in [0.05, 0.1) is 12.7 Å². The highest BCUT2D eigenvalue weighted by molar-refractivity contribution is 7.98. The molecule has 0 spiro atoms. The van der Waals surface area contributed by atoms with E-state index in [9.17, 15) is 4.79 Å². The first kappa shape index (κ1) is 12.8. The van der Waals surface area contributed by atoms with Crippen LogP contribution in [0.4, 0.5) is 5.13 Å². The fourth-order valence-electron chi connectivity index (χ4n) is 1.38. The van der Waals surface area contributed by atoms with Crippen molar-refractivity contribution in [2.75, 3.05) is 18.7 Å². The van der Waals surface area contributed by atoms with E-state index in [4.69, 9.17) is 4.74 Å². The summed E-state index contributed by atoms with van der Waals surface area (Å²) >= 11 is 2.86. The smallest absolute Gasteiger partial charge is 0.261 e. The molecule has 0 saturated heterocycles. The number of thioether (sulfide) groups is 1. The van der Waals surface area contributed by atoms with Crippen LogP contribution in [0.2, 0.25) is 0 Å². The Kier molecular flexibility index (Phi) is 4.16. The van der Waals surface area contributed by atoms with Gasteiger partial charge in [-0.05, 0) is 24.5 Å². The first-order valence-electron chi connectivity index (χ1n) is 5.04. The lowest BCUT2D eigenvalue weighted by molar-refractivity contribution is 0.102. The van der Waals surface area contributed by atoms with E-state index in [-0.39, 0.29) is 5.91 Å². The highest BCUT2D eigenvalue weighted by Crippen LogP contribution is 2.26. The molecule has 0 bridgehead atoms. The molecular formula is C11H11N3O2S2. The van der Waals surface area contributed by atoms with Crippen molar-refractivity contribution in [3.05, 3.63) is 29.3 Å². The van der Waals surface area contributed by atoms with Crippen molar-refractivity contribution in [3.8, 4) is 5.75 Å². The molecule has 0 unspecified atom stereocenters. The van der Waals surface area contributed by atoms with Crippen molar-refractivity contribution < 1.29 is 9.53 Å². The molecule has 0 fully saturated rings. The third-order valence-corrected chi connectivity index (χ3v) is 3.57. The number of rotatable bonds is 4. The first-order valence-corrected chi connectivity index (χ1v) is 7.14. The molecule has 2 aromatic rings. The normalized spacial score (nSPS) is 10.1. The second-order valence-electron chi connectivity index (χ2n) is 3.26. The molecule has 0 radical (unpaired) electrons. The number of benzene rings is 1. The standard InChI is InChI=1S/C11H11N3O2S2/c1-16-9-5-7(17-2)3-4-8(9)10(15)13-11-14-12-6-18-11/h3-6H,1-2H3,(H,13,14,15).